The number of rotatable bonds is 6. The van der Waals surface area contributed by atoms with E-state index < -0.39 is 16.0 Å². The SMILES string of the molecule is CCN1CCC/C1=C\C=C1/CCCC(/C=C/C2=[N+](CS(=O)(=O)[O-])CCC2)=C1C. The molecule has 0 aromatic heterocycles. The molecule has 28 heavy (non-hydrogen) atoms. The molecule has 0 unspecified atom stereocenters. The second-order valence-corrected chi connectivity index (χ2v) is 9.29. The molecule has 0 spiro atoms. The van der Waals surface area contributed by atoms with Gasteiger partial charge in [-0.25, -0.2) is 13.0 Å². The smallest absolute Gasteiger partial charge is 0.231 e. The monoisotopic (exact) mass is 404 g/mol. The summed E-state index contributed by atoms with van der Waals surface area (Å²) in [6.45, 7) is 7.29. The highest BCUT2D eigenvalue weighted by atomic mass is 32.2. The van der Waals surface area contributed by atoms with Crippen LogP contribution in [0.2, 0.25) is 0 Å². The summed E-state index contributed by atoms with van der Waals surface area (Å²) in [7, 11) is -4.24. The zero-order valence-electron chi connectivity index (χ0n) is 17.1. The summed E-state index contributed by atoms with van der Waals surface area (Å²) in [6.07, 6.45) is 16.2. The maximum absolute atomic E-state index is 11.1. The third-order valence-corrected chi connectivity index (χ3v) is 6.67. The lowest BCUT2D eigenvalue weighted by Crippen LogP contribution is -2.22. The predicted octanol–water partition coefficient (Wildman–Crippen LogP) is 3.72. The lowest BCUT2D eigenvalue weighted by molar-refractivity contribution is -0.500. The summed E-state index contributed by atoms with van der Waals surface area (Å²) in [6, 6.07) is 0. The second kappa shape index (κ2) is 9.23. The van der Waals surface area contributed by atoms with Crippen molar-refractivity contribution in [2.45, 2.75) is 58.8 Å². The van der Waals surface area contributed by atoms with Crippen molar-refractivity contribution in [2.75, 3.05) is 25.5 Å². The Morgan fingerprint density at radius 3 is 2.64 bits per heavy atom. The minimum Gasteiger partial charge on any atom is -0.743 e. The minimum atomic E-state index is -4.24. The fourth-order valence-corrected chi connectivity index (χ4v) is 5.12. The van der Waals surface area contributed by atoms with Gasteiger partial charge in [0.2, 0.25) is 5.88 Å². The van der Waals surface area contributed by atoms with Gasteiger partial charge in [-0.1, -0.05) is 12.2 Å². The van der Waals surface area contributed by atoms with Crippen molar-refractivity contribution >= 4 is 15.8 Å². The first-order valence-corrected chi connectivity index (χ1v) is 12.0. The van der Waals surface area contributed by atoms with Gasteiger partial charge in [0.25, 0.3) is 0 Å². The van der Waals surface area contributed by atoms with Gasteiger partial charge in [0.05, 0.1) is 0 Å². The van der Waals surface area contributed by atoms with Crippen LogP contribution in [0.25, 0.3) is 0 Å². The topological polar surface area (TPSA) is 63.5 Å². The van der Waals surface area contributed by atoms with Crippen LogP contribution >= 0.6 is 0 Å². The van der Waals surface area contributed by atoms with Crippen molar-refractivity contribution in [3.8, 4) is 0 Å². The van der Waals surface area contributed by atoms with Gasteiger partial charge in [0.1, 0.15) is 6.54 Å². The number of allylic oxidation sites excluding steroid dienone is 8. The molecule has 0 aromatic rings. The highest BCUT2D eigenvalue weighted by Gasteiger charge is 2.22. The first-order valence-electron chi connectivity index (χ1n) is 10.4. The third kappa shape index (κ3) is 5.45. The summed E-state index contributed by atoms with van der Waals surface area (Å²) in [5, 5.41) is 0. The van der Waals surface area contributed by atoms with Crippen LogP contribution in [0.5, 0.6) is 0 Å². The third-order valence-electron chi connectivity index (χ3n) is 6.04. The number of hydrogen-bond donors (Lipinski definition) is 0. The van der Waals surface area contributed by atoms with Crippen LogP contribution in [0.1, 0.15) is 58.8 Å². The first-order chi connectivity index (χ1) is 13.4. The van der Waals surface area contributed by atoms with Crippen molar-refractivity contribution in [3.63, 3.8) is 0 Å². The Balaban J connectivity index is 1.78. The van der Waals surface area contributed by atoms with Gasteiger partial charge < -0.3 is 9.45 Å². The lowest BCUT2D eigenvalue weighted by atomic mass is 9.87. The normalized spacial score (nSPS) is 24.6. The Labute approximate surface area is 169 Å². The molecule has 154 valence electrons. The Bertz CT molecular complexity index is 860. The van der Waals surface area contributed by atoms with Crippen LogP contribution in [-0.4, -0.2) is 53.7 Å². The molecule has 0 radical (unpaired) electrons. The van der Waals surface area contributed by atoms with E-state index in [2.05, 4.69) is 37.0 Å². The average Bonchev–Trinajstić information content (AvgIpc) is 3.27. The van der Waals surface area contributed by atoms with E-state index in [1.165, 1.54) is 41.8 Å². The molecule has 3 aliphatic rings. The highest BCUT2D eigenvalue weighted by molar-refractivity contribution is 7.85. The van der Waals surface area contributed by atoms with Crippen molar-refractivity contribution < 1.29 is 17.5 Å². The molecule has 0 saturated carbocycles. The van der Waals surface area contributed by atoms with Gasteiger partial charge in [-0.2, -0.15) is 0 Å². The van der Waals surface area contributed by atoms with Gasteiger partial charge in [0, 0.05) is 37.7 Å². The zero-order chi connectivity index (χ0) is 20.1. The molecule has 5 nitrogen and oxygen atoms in total. The second-order valence-electron chi connectivity index (χ2n) is 7.92. The van der Waals surface area contributed by atoms with E-state index >= 15 is 0 Å². The van der Waals surface area contributed by atoms with Crippen molar-refractivity contribution in [1.82, 2.24) is 4.90 Å². The Hall–Kier alpha value is -1.66. The first kappa shape index (κ1) is 21.1. The Morgan fingerprint density at radius 2 is 1.89 bits per heavy atom. The summed E-state index contributed by atoms with van der Waals surface area (Å²) in [4.78, 5) is 2.45. The quantitative estimate of drug-likeness (QED) is 0.500. The maximum atomic E-state index is 11.1. The highest BCUT2D eigenvalue weighted by Crippen LogP contribution is 2.31. The molecule has 2 aliphatic heterocycles. The molecule has 1 aliphatic carbocycles. The van der Waals surface area contributed by atoms with E-state index in [4.69, 9.17) is 0 Å². The zero-order valence-corrected chi connectivity index (χ0v) is 17.9. The fourth-order valence-electron chi connectivity index (χ4n) is 4.44. The molecule has 2 heterocycles. The van der Waals surface area contributed by atoms with Gasteiger partial charge in [-0.3, -0.25) is 0 Å². The number of hydrogen-bond acceptors (Lipinski definition) is 4. The summed E-state index contributed by atoms with van der Waals surface area (Å²) < 4.78 is 35.0. The van der Waals surface area contributed by atoms with Crippen molar-refractivity contribution in [1.29, 1.82) is 0 Å². The summed E-state index contributed by atoms with van der Waals surface area (Å²) >= 11 is 0. The van der Waals surface area contributed by atoms with E-state index in [1.807, 2.05) is 6.08 Å². The van der Waals surface area contributed by atoms with Crippen LogP contribution < -0.4 is 0 Å². The van der Waals surface area contributed by atoms with E-state index in [0.29, 0.717) is 6.54 Å². The molecule has 0 atom stereocenters. The van der Waals surface area contributed by atoms with E-state index in [9.17, 15) is 13.0 Å². The predicted molar refractivity (Wildman–Crippen MR) is 112 cm³/mol. The molecular formula is C22H32N2O3S. The van der Waals surface area contributed by atoms with Gasteiger partial charge >= 0.3 is 0 Å². The molecule has 0 aromatic carbocycles. The molecule has 3 rings (SSSR count). The van der Waals surface area contributed by atoms with E-state index in [-0.39, 0.29) is 0 Å². The Morgan fingerprint density at radius 1 is 1.07 bits per heavy atom. The van der Waals surface area contributed by atoms with E-state index in [0.717, 1.165) is 44.4 Å². The lowest BCUT2D eigenvalue weighted by Gasteiger charge is -2.20. The average molecular weight is 405 g/mol. The van der Waals surface area contributed by atoms with Crippen LogP contribution in [0.15, 0.2) is 46.7 Å². The van der Waals surface area contributed by atoms with Crippen molar-refractivity contribution in [3.05, 3.63) is 46.7 Å². The standard InChI is InChI=1S/C22H32N2O3S/c1-3-23-15-5-9-21(23)13-11-19-7-4-8-20(18(19)2)12-14-22-10-6-16-24(22)17-28(25,26)27/h11-14H,3-10,15-17H2,1-2H3. The minimum absolute atomic E-state index is 0.419. The number of likely N-dealkylation sites (tertiary alicyclic amines) is 1. The fraction of sp³-hybridized carbons (Fsp3) is 0.591. The number of nitrogens with zero attached hydrogens (tertiary/aromatic N) is 2. The van der Waals surface area contributed by atoms with E-state index in [1.54, 1.807) is 4.58 Å². The Kier molecular flexibility index (Phi) is 6.94. The molecule has 0 bridgehead atoms. The van der Waals surface area contributed by atoms with Crippen LogP contribution in [-0.2, 0) is 10.1 Å². The van der Waals surface area contributed by atoms with Gasteiger partial charge in [0.15, 0.2) is 15.8 Å². The molecule has 1 saturated heterocycles. The maximum Gasteiger partial charge on any atom is 0.231 e. The molecule has 6 heteroatoms. The van der Waals surface area contributed by atoms with Crippen LogP contribution in [0, 0.1) is 0 Å². The molecule has 1 fully saturated rings. The van der Waals surface area contributed by atoms with Crippen LogP contribution in [0.3, 0.4) is 0 Å². The van der Waals surface area contributed by atoms with Crippen LogP contribution in [0.4, 0.5) is 0 Å². The molecule has 0 amide bonds. The van der Waals surface area contributed by atoms with Gasteiger partial charge in [-0.05, 0) is 68.7 Å². The molecular weight excluding hydrogens is 372 g/mol. The van der Waals surface area contributed by atoms with Gasteiger partial charge in [-0.15, -0.1) is 0 Å². The summed E-state index contributed by atoms with van der Waals surface area (Å²) in [5.74, 6) is -0.419. The molecule has 0 N–H and O–H groups in total. The van der Waals surface area contributed by atoms with Crippen molar-refractivity contribution in [2.24, 2.45) is 0 Å². The summed E-state index contributed by atoms with van der Waals surface area (Å²) in [5.41, 5.74) is 6.46. The largest absolute Gasteiger partial charge is 0.743 e.